The van der Waals surface area contributed by atoms with E-state index in [-0.39, 0.29) is 30.4 Å². The molecule has 2 aromatic rings. The van der Waals surface area contributed by atoms with Gasteiger partial charge in [-0.1, -0.05) is 48.6 Å². The number of carbonyl (C=O) groups excluding carboxylic acids is 1. The first-order valence-corrected chi connectivity index (χ1v) is 13.4. The first-order chi connectivity index (χ1) is 17.7. The summed E-state index contributed by atoms with van der Waals surface area (Å²) in [4.78, 5) is 11.5. The third-order valence-corrected chi connectivity index (χ3v) is 6.92. The van der Waals surface area contributed by atoms with Crippen LogP contribution in [0.15, 0.2) is 48.5 Å². The number of ether oxygens (including phenoxy) is 2. The summed E-state index contributed by atoms with van der Waals surface area (Å²) >= 11 is 0. The van der Waals surface area contributed by atoms with Gasteiger partial charge >= 0.3 is 5.97 Å². The number of carbonyl (C=O) groups is 1. The molecule has 0 aromatic heterocycles. The minimum atomic E-state index is -0.681. The normalized spacial score (nSPS) is 15.6. The molecule has 0 spiro atoms. The molecule has 0 bridgehead atoms. The molecule has 0 aliphatic heterocycles. The minimum absolute atomic E-state index is 0.108. The van der Waals surface area contributed by atoms with E-state index in [1.54, 1.807) is 25.1 Å². The Hall–Kier alpha value is -2.54. The van der Waals surface area contributed by atoms with Crippen molar-refractivity contribution in [2.75, 3.05) is 19.8 Å². The van der Waals surface area contributed by atoms with Gasteiger partial charge in [-0.25, -0.2) is 4.39 Å². The van der Waals surface area contributed by atoms with E-state index in [1.165, 1.54) is 17.2 Å². The molecule has 3 rings (SSSR count). The smallest absolute Gasteiger partial charge is 0.306 e. The molecule has 1 aliphatic rings. The van der Waals surface area contributed by atoms with E-state index >= 15 is 0 Å². The average molecular weight is 512 g/mol. The molecule has 2 N–H and O–H groups in total. The van der Waals surface area contributed by atoms with E-state index in [9.17, 15) is 14.3 Å². The maximum Gasteiger partial charge on any atom is 0.306 e. The quantitative estimate of drug-likeness (QED) is 0.314. The minimum Gasteiger partial charge on any atom is -0.466 e. The Morgan fingerprint density at radius 2 is 1.89 bits per heavy atom. The van der Waals surface area contributed by atoms with Crippen molar-refractivity contribution in [3.8, 4) is 0 Å². The summed E-state index contributed by atoms with van der Waals surface area (Å²) < 4.78 is 25.4. The van der Waals surface area contributed by atoms with E-state index in [1.807, 2.05) is 13.0 Å². The number of fused-ring (bicyclic) bond motifs is 1. The Morgan fingerprint density at radius 3 is 2.57 bits per heavy atom. The number of allylic oxidation sites excluding steroid dienone is 1. The Balaban J connectivity index is 1.46. The molecule has 0 amide bonds. The summed E-state index contributed by atoms with van der Waals surface area (Å²) in [6.07, 6.45) is 6.34. The van der Waals surface area contributed by atoms with Crippen molar-refractivity contribution in [2.24, 2.45) is 5.92 Å². The maximum atomic E-state index is 14.6. The Morgan fingerprint density at radius 1 is 1.19 bits per heavy atom. The van der Waals surface area contributed by atoms with Crippen LogP contribution in [0.5, 0.6) is 0 Å². The second-order valence-electron chi connectivity index (χ2n) is 10.6. The predicted molar refractivity (Wildman–Crippen MR) is 146 cm³/mol. The molecule has 37 heavy (non-hydrogen) atoms. The van der Waals surface area contributed by atoms with Crippen molar-refractivity contribution < 1.29 is 23.8 Å². The molecule has 2 aromatic carbocycles. The fourth-order valence-electron chi connectivity index (χ4n) is 5.11. The summed E-state index contributed by atoms with van der Waals surface area (Å²) in [6.45, 7) is 8.89. The summed E-state index contributed by atoms with van der Waals surface area (Å²) in [5.41, 5.74) is 3.94. The summed E-state index contributed by atoms with van der Waals surface area (Å²) in [6, 6.07) is 13.6. The number of β-amino-alcohol motifs (C(OH)–C–C–N with tert-alkyl or cyclic N) is 1. The third-order valence-electron chi connectivity index (χ3n) is 6.92. The van der Waals surface area contributed by atoms with Gasteiger partial charge in [0.15, 0.2) is 0 Å². The molecule has 0 heterocycles. The molecule has 0 fully saturated rings. The van der Waals surface area contributed by atoms with Gasteiger partial charge in [0.25, 0.3) is 0 Å². The van der Waals surface area contributed by atoms with Crippen molar-refractivity contribution in [1.29, 1.82) is 0 Å². The molecule has 0 saturated carbocycles. The van der Waals surface area contributed by atoms with Gasteiger partial charge in [0, 0.05) is 24.1 Å². The molecule has 2 atom stereocenters. The molecular formula is C31H42FNO4. The fraction of sp³-hybridized carbons (Fsp3) is 0.516. The van der Waals surface area contributed by atoms with Gasteiger partial charge in [0.05, 0.1) is 25.4 Å². The number of esters is 1. The van der Waals surface area contributed by atoms with E-state index in [4.69, 9.17) is 9.47 Å². The molecule has 0 unspecified atom stereocenters. The third kappa shape index (κ3) is 9.06. The van der Waals surface area contributed by atoms with E-state index in [0.29, 0.717) is 36.6 Å². The van der Waals surface area contributed by atoms with Crippen LogP contribution in [-0.2, 0) is 27.1 Å². The van der Waals surface area contributed by atoms with Crippen molar-refractivity contribution in [1.82, 2.24) is 5.32 Å². The van der Waals surface area contributed by atoms with Gasteiger partial charge in [-0.3, -0.25) is 4.79 Å². The monoisotopic (exact) mass is 511 g/mol. The number of hydrogen-bond acceptors (Lipinski definition) is 5. The van der Waals surface area contributed by atoms with Crippen LogP contribution < -0.4 is 5.32 Å². The number of aliphatic hydroxyl groups excluding tert-OH is 1. The number of rotatable bonds is 14. The van der Waals surface area contributed by atoms with Gasteiger partial charge in [0.1, 0.15) is 5.82 Å². The van der Waals surface area contributed by atoms with Crippen LogP contribution in [0.3, 0.4) is 0 Å². The zero-order valence-corrected chi connectivity index (χ0v) is 22.6. The molecule has 202 valence electrons. The summed E-state index contributed by atoms with van der Waals surface area (Å²) in [5.74, 6) is -0.0138. The summed E-state index contributed by atoms with van der Waals surface area (Å²) in [5, 5.41) is 14.1. The lowest BCUT2D eigenvalue weighted by molar-refractivity contribution is -0.143. The second kappa shape index (κ2) is 13.8. The standard InChI is InChI=1S/C31H42FNO4/c1-5-36-30(35)16-9-8-13-28-27(14-10-15-29(28)32)22(2)37-21-26(34)20-33-31(3,4)19-23-17-24-11-6-7-12-25(24)18-23/h6-8,10-15,22-23,26,33-34H,5,9,16-21H2,1-4H3/t22-,26-/m1/s1. The maximum absolute atomic E-state index is 14.6. The van der Waals surface area contributed by atoms with Gasteiger partial charge in [-0.2, -0.15) is 0 Å². The van der Waals surface area contributed by atoms with Crippen LogP contribution in [0.25, 0.3) is 6.08 Å². The lowest BCUT2D eigenvalue weighted by Crippen LogP contribution is -2.45. The molecule has 6 heteroatoms. The SMILES string of the molecule is CCOC(=O)CCC=Cc1c(F)cccc1[C@@H](C)OC[C@H](O)CNC(C)(C)CC1Cc2ccccc2C1. The largest absolute Gasteiger partial charge is 0.466 e. The van der Waals surface area contributed by atoms with Gasteiger partial charge in [-0.15, -0.1) is 0 Å². The van der Waals surface area contributed by atoms with Crippen molar-refractivity contribution in [2.45, 2.75) is 77.5 Å². The first kappa shape index (κ1) is 29.0. The van der Waals surface area contributed by atoms with Crippen molar-refractivity contribution >= 4 is 12.0 Å². The van der Waals surface area contributed by atoms with Crippen LogP contribution in [0.2, 0.25) is 0 Å². The van der Waals surface area contributed by atoms with Gasteiger partial charge < -0.3 is 19.9 Å². The van der Waals surface area contributed by atoms with Crippen LogP contribution >= 0.6 is 0 Å². The Bertz CT molecular complexity index is 1030. The Labute approximate surface area is 221 Å². The fourth-order valence-corrected chi connectivity index (χ4v) is 5.11. The molecule has 0 radical (unpaired) electrons. The van der Waals surface area contributed by atoms with E-state index < -0.39 is 12.2 Å². The summed E-state index contributed by atoms with van der Waals surface area (Å²) in [7, 11) is 0. The molecule has 0 saturated heterocycles. The van der Waals surface area contributed by atoms with Gasteiger partial charge in [0.2, 0.25) is 0 Å². The Kier molecular flexibility index (Phi) is 10.9. The predicted octanol–water partition coefficient (Wildman–Crippen LogP) is 5.79. The van der Waals surface area contributed by atoms with Crippen molar-refractivity contribution in [3.63, 3.8) is 0 Å². The topological polar surface area (TPSA) is 67.8 Å². The number of aliphatic hydroxyl groups is 1. The van der Waals surface area contributed by atoms with Gasteiger partial charge in [-0.05, 0) is 82.1 Å². The number of benzene rings is 2. The highest BCUT2D eigenvalue weighted by atomic mass is 19.1. The number of hydrogen-bond donors (Lipinski definition) is 2. The van der Waals surface area contributed by atoms with Crippen molar-refractivity contribution in [3.05, 3.63) is 76.6 Å². The zero-order valence-electron chi connectivity index (χ0n) is 22.6. The first-order valence-electron chi connectivity index (χ1n) is 13.4. The highest BCUT2D eigenvalue weighted by Gasteiger charge is 2.28. The van der Waals surface area contributed by atoms with E-state index in [0.717, 1.165) is 19.3 Å². The number of nitrogens with one attached hydrogen (secondary N) is 1. The second-order valence-corrected chi connectivity index (χ2v) is 10.6. The lowest BCUT2D eigenvalue weighted by Gasteiger charge is -2.31. The van der Waals surface area contributed by atoms with Crippen LogP contribution in [0.4, 0.5) is 4.39 Å². The highest BCUT2D eigenvalue weighted by molar-refractivity contribution is 5.69. The molecule has 5 nitrogen and oxygen atoms in total. The van der Waals surface area contributed by atoms with Crippen LogP contribution in [0.1, 0.15) is 75.3 Å². The van der Waals surface area contributed by atoms with Crippen LogP contribution in [-0.4, -0.2) is 42.5 Å². The lowest BCUT2D eigenvalue weighted by atomic mass is 9.88. The average Bonchev–Trinajstić information content (AvgIpc) is 3.26. The molecular weight excluding hydrogens is 469 g/mol. The van der Waals surface area contributed by atoms with E-state index in [2.05, 4.69) is 43.4 Å². The highest BCUT2D eigenvalue weighted by Crippen LogP contribution is 2.32. The van der Waals surface area contributed by atoms with Crippen LogP contribution in [0, 0.1) is 11.7 Å². The molecule has 1 aliphatic carbocycles. The zero-order chi connectivity index (χ0) is 26.8. The number of halogens is 1.